The molecule has 0 amide bonds. The maximum atomic E-state index is 12.1. The molecule has 1 N–H and O–H groups in total. The molecule has 1 heterocycles. The van der Waals surface area contributed by atoms with Crippen molar-refractivity contribution in [1.82, 2.24) is 9.71 Å². The van der Waals surface area contributed by atoms with Gasteiger partial charge in [-0.3, -0.25) is 0 Å². The Morgan fingerprint density at radius 1 is 1.50 bits per heavy atom. The van der Waals surface area contributed by atoms with Crippen molar-refractivity contribution in [2.24, 2.45) is 0 Å². The van der Waals surface area contributed by atoms with Gasteiger partial charge in [0.15, 0.2) is 0 Å². The van der Waals surface area contributed by atoms with Crippen LogP contribution in [0.1, 0.15) is 13.3 Å². The second-order valence-electron chi connectivity index (χ2n) is 3.63. The van der Waals surface area contributed by atoms with E-state index in [1.807, 2.05) is 4.72 Å². The number of sulfonamides is 1. The Bertz CT molecular complexity index is 519. The second-order valence-corrected chi connectivity index (χ2v) is 5.67. The Labute approximate surface area is 107 Å². The van der Waals surface area contributed by atoms with Gasteiger partial charge in [0.05, 0.1) is 6.42 Å². The van der Waals surface area contributed by atoms with Gasteiger partial charge in [0.25, 0.3) is 0 Å². The number of hydrogen-bond donors (Lipinski definition) is 1. The molecule has 4 nitrogen and oxygen atoms in total. The van der Waals surface area contributed by atoms with Gasteiger partial charge in [-0.2, -0.15) is 13.2 Å². The standard InChI is InChI=1S/C9H10ClF3N2O2S/c1-6(5-9(11,12)13)15-18(16,17)7-3-2-4-14-8(7)10/h2-4,6,15H,5H2,1H3. The molecule has 0 aromatic carbocycles. The van der Waals surface area contributed by atoms with Gasteiger partial charge < -0.3 is 0 Å². The molecule has 102 valence electrons. The molecule has 18 heavy (non-hydrogen) atoms. The van der Waals surface area contributed by atoms with Crippen molar-refractivity contribution < 1.29 is 21.6 Å². The lowest BCUT2D eigenvalue weighted by Gasteiger charge is -2.16. The average molecular weight is 303 g/mol. The van der Waals surface area contributed by atoms with Gasteiger partial charge in [-0.15, -0.1) is 0 Å². The van der Waals surface area contributed by atoms with Crippen LogP contribution in [0.25, 0.3) is 0 Å². The molecule has 0 saturated heterocycles. The molecule has 1 aromatic rings. The van der Waals surface area contributed by atoms with Gasteiger partial charge in [0, 0.05) is 12.2 Å². The Morgan fingerprint density at radius 3 is 2.61 bits per heavy atom. The van der Waals surface area contributed by atoms with Crippen LogP contribution >= 0.6 is 11.6 Å². The first-order valence-electron chi connectivity index (χ1n) is 4.81. The molecule has 0 radical (unpaired) electrons. The zero-order valence-corrected chi connectivity index (χ0v) is 10.8. The fraction of sp³-hybridized carbons (Fsp3) is 0.444. The molecule has 0 bridgehead atoms. The van der Waals surface area contributed by atoms with E-state index in [9.17, 15) is 21.6 Å². The van der Waals surface area contributed by atoms with Crippen molar-refractivity contribution in [3.05, 3.63) is 23.5 Å². The third-order valence-corrected chi connectivity index (χ3v) is 3.94. The number of aromatic nitrogens is 1. The highest BCUT2D eigenvalue weighted by atomic mass is 35.5. The van der Waals surface area contributed by atoms with Crippen molar-refractivity contribution in [2.45, 2.75) is 30.5 Å². The quantitative estimate of drug-likeness (QED) is 0.869. The first-order valence-corrected chi connectivity index (χ1v) is 6.67. The number of rotatable bonds is 4. The van der Waals surface area contributed by atoms with Crippen LogP contribution in [0.5, 0.6) is 0 Å². The zero-order chi connectivity index (χ0) is 14.0. The van der Waals surface area contributed by atoms with E-state index in [2.05, 4.69) is 4.98 Å². The molecule has 0 spiro atoms. The minimum atomic E-state index is -4.44. The van der Waals surface area contributed by atoms with Gasteiger partial charge in [0.2, 0.25) is 10.0 Å². The highest BCUT2D eigenvalue weighted by molar-refractivity contribution is 7.89. The number of pyridine rings is 1. The molecule has 0 fully saturated rings. The molecule has 0 aliphatic rings. The van der Waals surface area contributed by atoms with E-state index >= 15 is 0 Å². The van der Waals surface area contributed by atoms with Crippen molar-refractivity contribution in [3.8, 4) is 0 Å². The van der Waals surface area contributed by atoms with Crippen molar-refractivity contribution >= 4 is 21.6 Å². The second kappa shape index (κ2) is 5.41. The molecule has 0 saturated carbocycles. The van der Waals surface area contributed by atoms with Crippen LogP contribution in [0.2, 0.25) is 5.15 Å². The smallest absolute Gasteiger partial charge is 0.243 e. The van der Waals surface area contributed by atoms with Gasteiger partial charge >= 0.3 is 6.18 Å². The topological polar surface area (TPSA) is 59.1 Å². The fourth-order valence-corrected chi connectivity index (χ4v) is 2.99. The SMILES string of the molecule is CC(CC(F)(F)F)NS(=O)(=O)c1cccnc1Cl. The molecule has 0 aliphatic carbocycles. The molecular formula is C9H10ClF3N2O2S. The summed E-state index contributed by atoms with van der Waals surface area (Å²) >= 11 is 5.57. The lowest BCUT2D eigenvalue weighted by molar-refractivity contribution is -0.137. The van der Waals surface area contributed by atoms with Crippen LogP contribution in [0, 0.1) is 0 Å². The minimum Gasteiger partial charge on any atom is -0.243 e. The molecule has 1 atom stereocenters. The maximum Gasteiger partial charge on any atom is 0.390 e. The first kappa shape index (κ1) is 15.2. The Hall–Kier alpha value is -0.860. The van der Waals surface area contributed by atoms with Gasteiger partial charge in [0.1, 0.15) is 10.0 Å². The average Bonchev–Trinajstić information content (AvgIpc) is 2.13. The van der Waals surface area contributed by atoms with Crippen molar-refractivity contribution in [3.63, 3.8) is 0 Å². The van der Waals surface area contributed by atoms with E-state index < -0.39 is 28.7 Å². The molecule has 1 aromatic heterocycles. The summed E-state index contributed by atoms with van der Waals surface area (Å²) in [4.78, 5) is 3.20. The third-order valence-electron chi connectivity index (χ3n) is 1.91. The summed E-state index contributed by atoms with van der Waals surface area (Å²) in [5.74, 6) is 0. The number of hydrogen-bond acceptors (Lipinski definition) is 3. The Kier molecular flexibility index (Phi) is 4.57. The summed E-state index contributed by atoms with van der Waals surface area (Å²) in [5, 5.41) is -0.288. The summed E-state index contributed by atoms with van der Waals surface area (Å²) in [5.41, 5.74) is 0. The maximum absolute atomic E-state index is 12.1. The fourth-order valence-electron chi connectivity index (χ4n) is 1.29. The molecule has 1 rings (SSSR count). The van der Waals surface area contributed by atoms with Crippen LogP contribution in [0.4, 0.5) is 13.2 Å². The summed E-state index contributed by atoms with van der Waals surface area (Å²) in [6.07, 6.45) is -4.43. The van der Waals surface area contributed by atoms with E-state index in [0.717, 1.165) is 13.0 Å². The van der Waals surface area contributed by atoms with Gasteiger partial charge in [-0.1, -0.05) is 11.6 Å². The minimum absolute atomic E-state index is 0.288. The highest BCUT2D eigenvalue weighted by Gasteiger charge is 2.32. The van der Waals surface area contributed by atoms with Gasteiger partial charge in [-0.05, 0) is 19.1 Å². The van der Waals surface area contributed by atoms with Crippen molar-refractivity contribution in [1.29, 1.82) is 0 Å². The number of nitrogens with zero attached hydrogens (tertiary/aromatic N) is 1. The number of alkyl halides is 3. The molecule has 0 aliphatic heterocycles. The lowest BCUT2D eigenvalue weighted by Crippen LogP contribution is -2.36. The Balaban J connectivity index is 2.87. The van der Waals surface area contributed by atoms with E-state index in [-0.39, 0.29) is 10.0 Å². The predicted octanol–water partition coefficient (Wildman–Crippen LogP) is 2.35. The summed E-state index contributed by atoms with van der Waals surface area (Å²) in [6, 6.07) is 1.21. The van der Waals surface area contributed by atoms with Crippen LogP contribution in [0.3, 0.4) is 0 Å². The summed E-state index contributed by atoms with van der Waals surface area (Å²) in [6.45, 7) is 1.12. The molecule has 1 unspecified atom stereocenters. The van der Waals surface area contributed by atoms with E-state index in [4.69, 9.17) is 11.6 Å². The van der Waals surface area contributed by atoms with E-state index in [0.29, 0.717) is 0 Å². The first-order chi connectivity index (χ1) is 8.12. The normalized spacial score (nSPS) is 14.5. The van der Waals surface area contributed by atoms with E-state index in [1.54, 1.807) is 0 Å². The van der Waals surface area contributed by atoms with Crippen LogP contribution in [-0.2, 0) is 10.0 Å². The van der Waals surface area contributed by atoms with Crippen LogP contribution in [0.15, 0.2) is 23.2 Å². The largest absolute Gasteiger partial charge is 0.390 e. The van der Waals surface area contributed by atoms with Gasteiger partial charge in [-0.25, -0.2) is 18.1 Å². The number of nitrogens with one attached hydrogen (secondary N) is 1. The monoisotopic (exact) mass is 302 g/mol. The molecular weight excluding hydrogens is 293 g/mol. The lowest BCUT2D eigenvalue weighted by atomic mass is 10.2. The van der Waals surface area contributed by atoms with Crippen LogP contribution < -0.4 is 4.72 Å². The summed E-state index contributed by atoms with van der Waals surface area (Å²) in [7, 11) is -4.11. The summed E-state index contributed by atoms with van der Waals surface area (Å²) < 4.78 is 61.7. The number of halogens is 4. The zero-order valence-electron chi connectivity index (χ0n) is 9.20. The Morgan fingerprint density at radius 2 is 2.11 bits per heavy atom. The van der Waals surface area contributed by atoms with Crippen molar-refractivity contribution in [2.75, 3.05) is 0 Å². The predicted molar refractivity (Wildman–Crippen MR) is 59.7 cm³/mol. The third kappa shape index (κ3) is 4.43. The van der Waals surface area contributed by atoms with Crippen LogP contribution in [-0.4, -0.2) is 25.6 Å². The van der Waals surface area contributed by atoms with E-state index in [1.165, 1.54) is 12.3 Å². The highest BCUT2D eigenvalue weighted by Crippen LogP contribution is 2.23. The molecule has 9 heteroatoms.